The molecule has 3 aliphatic carbocycles. The molecule has 1 amide bonds. The number of benzene rings is 3. The molecule has 7 rings (SSSR count). The first kappa shape index (κ1) is 55.6. The molecule has 3 aromatic carbocycles. The second kappa shape index (κ2) is 24.5. The van der Waals surface area contributed by atoms with Crippen LogP contribution < -0.4 is 5.73 Å². The second-order valence-electron chi connectivity index (χ2n) is 18.6. The van der Waals surface area contributed by atoms with Gasteiger partial charge in [-0.3, -0.25) is 24.0 Å². The monoisotopic (exact) mass is 955 g/mol. The van der Waals surface area contributed by atoms with Crippen LogP contribution in [-0.4, -0.2) is 108 Å². The minimum atomic E-state index is -1.75. The van der Waals surface area contributed by atoms with Crippen molar-refractivity contribution in [3.63, 3.8) is 0 Å². The summed E-state index contributed by atoms with van der Waals surface area (Å²) in [5.41, 5.74) is 4.23. The number of methoxy groups -OCH3 is 1. The Balaban J connectivity index is 0.000000485. The first-order valence-corrected chi connectivity index (χ1v) is 23.1. The molecule has 1 saturated heterocycles. The Morgan fingerprint density at radius 1 is 0.913 bits per heavy atom. The number of carbonyl (C=O) groups excluding carboxylic acids is 5. The van der Waals surface area contributed by atoms with E-state index in [1.54, 1.807) is 62.6 Å². The number of nitrogens with two attached hydrogens (primary N) is 1. The summed E-state index contributed by atoms with van der Waals surface area (Å²) < 4.78 is 28.1. The normalized spacial score (nSPS) is 27.5. The average molecular weight is 956 g/mol. The molecule has 10 atom stereocenters. The lowest BCUT2D eigenvalue weighted by Crippen LogP contribution is -2.70. The number of hydrogen-bond donors (Lipinski definition) is 4. The van der Waals surface area contributed by atoms with Gasteiger partial charge in [0.15, 0.2) is 5.78 Å². The zero-order chi connectivity index (χ0) is 51.3. The van der Waals surface area contributed by atoms with Gasteiger partial charge in [0.2, 0.25) is 12.0 Å². The molecule has 1 aliphatic heterocycles. The Bertz CT molecular complexity index is 2270. The molecule has 374 valence electrons. The first-order valence-electron chi connectivity index (χ1n) is 23.1. The van der Waals surface area contributed by atoms with Gasteiger partial charge < -0.3 is 44.7 Å². The molecule has 2 bridgehead atoms. The number of primary amides is 1. The number of aliphatic hydroxyl groups is 2. The number of carboxylic acids is 1. The zero-order valence-corrected chi connectivity index (χ0v) is 40.9. The van der Waals surface area contributed by atoms with Crippen LogP contribution in [0.3, 0.4) is 0 Å². The smallest absolute Gasteiger partial charge is 0.348 e. The molecule has 0 radical (unpaired) electrons. The van der Waals surface area contributed by atoms with Crippen molar-refractivity contribution in [2.45, 2.75) is 117 Å². The van der Waals surface area contributed by atoms with Crippen LogP contribution in [0.1, 0.15) is 100 Å². The third-order valence-electron chi connectivity index (χ3n) is 14.0. The highest BCUT2D eigenvalue weighted by Crippen LogP contribution is 2.66. The van der Waals surface area contributed by atoms with E-state index in [1.807, 2.05) is 63.2 Å². The molecular weight excluding hydrogens is 887 g/mol. The molecule has 7 unspecified atom stereocenters. The first-order chi connectivity index (χ1) is 32.6. The highest BCUT2D eigenvalue weighted by Gasteiger charge is 2.69. The summed E-state index contributed by atoms with van der Waals surface area (Å²) >= 11 is 0. The number of hydrogen-bond acceptors (Lipinski definition) is 13. The van der Waals surface area contributed by atoms with E-state index in [-0.39, 0.29) is 49.4 Å². The van der Waals surface area contributed by atoms with Gasteiger partial charge in [-0.15, -0.1) is 0 Å². The Labute approximate surface area is 405 Å². The predicted octanol–water partition coefficient (Wildman–Crippen LogP) is 6.87. The zero-order valence-electron chi connectivity index (χ0n) is 40.9. The van der Waals surface area contributed by atoms with Gasteiger partial charge in [0.25, 0.3) is 12.4 Å². The van der Waals surface area contributed by atoms with Gasteiger partial charge in [-0.2, -0.15) is 0 Å². The van der Waals surface area contributed by atoms with Crippen molar-refractivity contribution in [3.8, 4) is 0 Å². The SMILES string of the molecule is C=C1C(OC(C)=O)C2=C(C)[C@@H](OC(=O)[C@@H](Cc3ccccc3)OC=O)CC(O)([C@@H](CC(=O)c3ccccc3)C3C4COC4CC(O)C13C)C2(C)C.CC(=O)O.CCCOC.NC(=O)c1ccccc1. The fraction of sp³-hybridized carbons (Fsp3) is 0.481. The predicted molar refractivity (Wildman–Crippen MR) is 256 cm³/mol. The molecule has 2 saturated carbocycles. The van der Waals surface area contributed by atoms with E-state index in [1.165, 1.54) is 6.92 Å². The van der Waals surface area contributed by atoms with E-state index in [4.69, 9.17) is 39.3 Å². The highest BCUT2D eigenvalue weighted by molar-refractivity contribution is 5.96. The molecule has 15 nitrogen and oxygen atoms in total. The van der Waals surface area contributed by atoms with Crippen LogP contribution in [0.5, 0.6) is 0 Å². The average Bonchev–Trinajstić information content (AvgIpc) is 3.30. The number of fused-ring (bicyclic) bond motifs is 5. The van der Waals surface area contributed by atoms with Crippen LogP contribution in [-0.2, 0) is 49.3 Å². The quantitative estimate of drug-likeness (QED) is 0.0450. The van der Waals surface area contributed by atoms with E-state index in [9.17, 15) is 34.2 Å². The second-order valence-corrected chi connectivity index (χ2v) is 18.6. The Morgan fingerprint density at radius 3 is 1.91 bits per heavy atom. The summed E-state index contributed by atoms with van der Waals surface area (Å²) in [7, 11) is 1.71. The van der Waals surface area contributed by atoms with Crippen LogP contribution in [0.2, 0.25) is 0 Å². The van der Waals surface area contributed by atoms with Crippen molar-refractivity contribution in [3.05, 3.63) is 131 Å². The van der Waals surface area contributed by atoms with Crippen molar-refractivity contribution >= 4 is 36.1 Å². The lowest BCUT2D eigenvalue weighted by molar-refractivity contribution is -0.261. The molecular formula is C54H69NO14. The third-order valence-corrected chi connectivity index (χ3v) is 14.0. The van der Waals surface area contributed by atoms with Crippen molar-refractivity contribution in [1.29, 1.82) is 0 Å². The van der Waals surface area contributed by atoms with Gasteiger partial charge in [0.1, 0.15) is 12.2 Å². The number of carbonyl (C=O) groups is 6. The summed E-state index contributed by atoms with van der Waals surface area (Å²) in [6.07, 6.45) is -3.37. The molecule has 5 N–H and O–H groups in total. The summed E-state index contributed by atoms with van der Waals surface area (Å²) in [6, 6.07) is 26.7. The molecule has 3 aromatic rings. The molecule has 69 heavy (non-hydrogen) atoms. The van der Waals surface area contributed by atoms with E-state index in [2.05, 4.69) is 13.5 Å². The minimum absolute atomic E-state index is 0.0684. The maximum atomic E-state index is 14.2. The van der Waals surface area contributed by atoms with Crippen molar-refractivity contribution in [1.82, 2.24) is 0 Å². The number of Topliss-reactive ketones (excluding diaryl/α,β-unsaturated/α-hetero) is 1. The maximum Gasteiger partial charge on any atom is 0.348 e. The molecule has 0 aromatic heterocycles. The van der Waals surface area contributed by atoms with Gasteiger partial charge in [-0.05, 0) is 53.7 Å². The Kier molecular flexibility index (Phi) is 19.8. The summed E-state index contributed by atoms with van der Waals surface area (Å²) in [5, 5.41) is 32.9. The number of ether oxygens (including phenoxy) is 5. The van der Waals surface area contributed by atoms with Crippen LogP contribution in [0, 0.1) is 28.6 Å². The van der Waals surface area contributed by atoms with Gasteiger partial charge in [0, 0.05) is 87.0 Å². The molecule has 1 heterocycles. The van der Waals surface area contributed by atoms with E-state index in [0.717, 1.165) is 25.5 Å². The van der Waals surface area contributed by atoms with Crippen molar-refractivity contribution in [2.24, 2.45) is 34.3 Å². The summed E-state index contributed by atoms with van der Waals surface area (Å²) in [5.74, 6) is -4.27. The summed E-state index contributed by atoms with van der Waals surface area (Å²) in [4.78, 5) is 71.9. The lowest BCUT2D eigenvalue weighted by atomic mass is 9.42. The molecule has 15 heteroatoms. The Hall–Kier alpha value is -6.00. The van der Waals surface area contributed by atoms with E-state index >= 15 is 0 Å². The number of esters is 2. The molecule has 3 fully saturated rings. The number of aliphatic carboxylic acids is 1. The van der Waals surface area contributed by atoms with Crippen molar-refractivity contribution in [2.75, 3.05) is 20.3 Å². The van der Waals surface area contributed by atoms with Gasteiger partial charge >= 0.3 is 11.9 Å². The highest BCUT2D eigenvalue weighted by atomic mass is 16.6. The standard InChI is InChI=1S/C41H48O10.C7H7NO.C4H10O.C2H4O2/c1-23-33(51-38(46)32(49-22-42)17-26-13-9-7-10-14-26)20-41(47)29(18-30(44)27-15-11-8-12-16-27)36-28-21-48-31(28)19-34(45)40(36,6)24(2)37(50-25(3)43)35(23)39(41,4)5;8-7(9)6-4-2-1-3-5-6;1-3-4-5-2;1-2(3)4/h7-16,22,28-29,31-34,36-37,45,47H,2,17-21H2,1,3-6H3;1-5H,(H2,8,9);3-4H2,1-2H3;1H3,(H,3,4)/t28?,29-,31?,32+,33-,34?,36?,37?,40?,41?;;;/m0.../s1. The van der Waals surface area contributed by atoms with Crippen LogP contribution in [0.15, 0.2) is 114 Å². The molecule has 0 spiro atoms. The van der Waals surface area contributed by atoms with Crippen LogP contribution >= 0.6 is 0 Å². The number of aliphatic hydroxyl groups excluding tert-OH is 1. The van der Waals surface area contributed by atoms with E-state index in [0.29, 0.717) is 40.9 Å². The minimum Gasteiger partial charge on any atom is -0.481 e. The number of carboxylic acid groups (broad SMARTS) is 1. The van der Waals surface area contributed by atoms with Crippen molar-refractivity contribution < 1.29 is 67.8 Å². The summed E-state index contributed by atoms with van der Waals surface area (Å²) in [6.45, 7) is 17.8. The number of ketones is 1. The maximum absolute atomic E-state index is 14.2. The fourth-order valence-corrected chi connectivity index (χ4v) is 10.5. The lowest BCUT2D eigenvalue weighted by Gasteiger charge is -2.66. The van der Waals surface area contributed by atoms with E-state index < -0.39 is 70.6 Å². The van der Waals surface area contributed by atoms with Gasteiger partial charge in [0.05, 0.1) is 24.4 Å². The van der Waals surface area contributed by atoms with Crippen LogP contribution in [0.25, 0.3) is 0 Å². The largest absolute Gasteiger partial charge is 0.481 e. The fourth-order valence-electron chi connectivity index (χ4n) is 10.5. The molecule has 4 aliphatic rings. The number of amides is 1. The van der Waals surface area contributed by atoms with Crippen LogP contribution in [0.4, 0.5) is 0 Å². The number of rotatable bonds is 13. The topological polar surface area (TPSA) is 235 Å². The van der Waals surface area contributed by atoms with Gasteiger partial charge in [-0.25, -0.2) is 4.79 Å². The Morgan fingerprint density at radius 2 is 1.46 bits per heavy atom. The van der Waals surface area contributed by atoms with Gasteiger partial charge in [-0.1, -0.05) is 113 Å². The third kappa shape index (κ3) is 12.8.